The number of benzene rings is 1. The average Bonchev–Trinajstić information content (AvgIpc) is 2.85. The van der Waals surface area contributed by atoms with Crippen LogP contribution in [0, 0.1) is 17.3 Å². The van der Waals surface area contributed by atoms with Gasteiger partial charge in [-0.3, -0.25) is 4.79 Å². The van der Waals surface area contributed by atoms with E-state index < -0.39 is 6.10 Å². The normalized spacial score (nSPS) is 26.4. The van der Waals surface area contributed by atoms with Gasteiger partial charge in [-0.25, -0.2) is 0 Å². The van der Waals surface area contributed by atoms with Crippen LogP contribution in [0.2, 0.25) is 0 Å². The summed E-state index contributed by atoms with van der Waals surface area (Å²) >= 11 is 0. The number of β-amino-alcohol motifs (C(OH)–C–C–N with tert-alkyl or cyclic N) is 1. The quantitative estimate of drug-likeness (QED) is 0.842. The minimum Gasteiger partial charge on any atom is -0.491 e. The molecule has 126 valence electrons. The van der Waals surface area contributed by atoms with Crippen LogP contribution in [-0.2, 0) is 4.79 Å². The van der Waals surface area contributed by atoms with Crippen LogP contribution in [0.3, 0.4) is 0 Å². The minimum absolute atomic E-state index is 0.0964. The summed E-state index contributed by atoms with van der Waals surface area (Å²) in [5.41, 5.74) is 1.25. The molecule has 0 radical (unpaired) electrons. The molecule has 1 aliphatic carbocycles. The van der Waals surface area contributed by atoms with Gasteiger partial charge in [0.15, 0.2) is 0 Å². The summed E-state index contributed by atoms with van der Waals surface area (Å²) in [6.45, 7) is 9.31. The first-order chi connectivity index (χ1) is 10.9. The maximum Gasteiger partial charge on any atom is 0.221 e. The molecule has 1 saturated heterocycles. The molecule has 3 rings (SSSR count). The van der Waals surface area contributed by atoms with Crippen LogP contribution in [0.5, 0.6) is 5.75 Å². The van der Waals surface area contributed by atoms with Gasteiger partial charge in [-0.15, -0.1) is 0 Å². The van der Waals surface area contributed by atoms with Crippen molar-refractivity contribution < 1.29 is 14.6 Å². The van der Waals surface area contributed by atoms with Gasteiger partial charge >= 0.3 is 0 Å². The van der Waals surface area contributed by atoms with E-state index in [1.807, 2.05) is 0 Å². The molecule has 5 nitrogen and oxygen atoms in total. The van der Waals surface area contributed by atoms with Crippen molar-refractivity contribution in [3.8, 4) is 5.75 Å². The Morgan fingerprint density at radius 3 is 2.52 bits per heavy atom. The Morgan fingerprint density at radius 1 is 1.35 bits per heavy atom. The maximum atomic E-state index is 11.0. The van der Waals surface area contributed by atoms with E-state index in [-0.39, 0.29) is 12.5 Å². The molecule has 0 spiro atoms. The van der Waals surface area contributed by atoms with Crippen LogP contribution >= 0.6 is 0 Å². The first kappa shape index (κ1) is 16.3. The van der Waals surface area contributed by atoms with Crippen molar-refractivity contribution in [2.75, 3.05) is 31.6 Å². The largest absolute Gasteiger partial charge is 0.491 e. The van der Waals surface area contributed by atoms with E-state index in [4.69, 9.17) is 4.74 Å². The van der Waals surface area contributed by atoms with Gasteiger partial charge in [0.25, 0.3) is 0 Å². The van der Waals surface area contributed by atoms with Crippen molar-refractivity contribution in [2.24, 2.45) is 17.3 Å². The summed E-state index contributed by atoms with van der Waals surface area (Å²) in [6, 6.07) is 7.18. The lowest BCUT2D eigenvalue weighted by Crippen LogP contribution is -2.36. The Morgan fingerprint density at radius 2 is 1.96 bits per heavy atom. The Labute approximate surface area is 137 Å². The van der Waals surface area contributed by atoms with Gasteiger partial charge in [-0.05, 0) is 41.5 Å². The molecule has 1 aromatic carbocycles. The smallest absolute Gasteiger partial charge is 0.221 e. The number of aliphatic hydroxyl groups excluding tert-OH is 1. The van der Waals surface area contributed by atoms with Crippen molar-refractivity contribution in [1.29, 1.82) is 0 Å². The third kappa shape index (κ3) is 3.67. The average molecular weight is 318 g/mol. The van der Waals surface area contributed by atoms with Gasteiger partial charge < -0.3 is 20.1 Å². The molecule has 0 aromatic heterocycles. The fourth-order valence-corrected chi connectivity index (χ4v) is 3.74. The molecule has 1 saturated carbocycles. The van der Waals surface area contributed by atoms with Crippen molar-refractivity contribution in [3.05, 3.63) is 24.3 Å². The molecule has 1 aliphatic heterocycles. The van der Waals surface area contributed by atoms with Crippen molar-refractivity contribution in [3.63, 3.8) is 0 Å². The lowest BCUT2D eigenvalue weighted by atomic mass is 10.1. The zero-order valence-corrected chi connectivity index (χ0v) is 14.1. The zero-order valence-electron chi connectivity index (χ0n) is 14.1. The number of hydrogen-bond acceptors (Lipinski definition) is 4. The Kier molecular flexibility index (Phi) is 4.34. The number of hydrogen-bond donors (Lipinski definition) is 2. The summed E-state index contributed by atoms with van der Waals surface area (Å²) in [6.07, 6.45) is -0.481. The van der Waals surface area contributed by atoms with E-state index >= 15 is 0 Å². The number of amides is 1. The molecule has 2 fully saturated rings. The number of ether oxygens (including phenoxy) is 1. The van der Waals surface area contributed by atoms with Crippen LogP contribution in [0.1, 0.15) is 20.8 Å². The molecular formula is C18H26N2O3. The Bertz CT molecular complexity index is 556. The molecule has 2 N–H and O–H groups in total. The fourth-order valence-electron chi connectivity index (χ4n) is 3.74. The zero-order chi connectivity index (χ0) is 16.6. The second-order valence-corrected chi connectivity index (χ2v) is 7.42. The molecule has 0 bridgehead atoms. The number of likely N-dealkylation sites (tertiary alicyclic amines) is 1. The highest BCUT2D eigenvalue weighted by atomic mass is 16.5. The molecular weight excluding hydrogens is 292 g/mol. The number of aliphatic hydroxyl groups is 1. The van der Waals surface area contributed by atoms with Crippen LogP contribution < -0.4 is 10.1 Å². The van der Waals surface area contributed by atoms with E-state index in [1.165, 1.54) is 6.92 Å². The van der Waals surface area contributed by atoms with Crippen LogP contribution in [0.4, 0.5) is 5.69 Å². The maximum absolute atomic E-state index is 11.0. The molecule has 23 heavy (non-hydrogen) atoms. The molecule has 5 heteroatoms. The number of anilines is 1. The summed E-state index contributed by atoms with van der Waals surface area (Å²) in [5, 5.41) is 12.9. The lowest BCUT2D eigenvalue weighted by molar-refractivity contribution is -0.114. The van der Waals surface area contributed by atoms with Crippen LogP contribution in [0.15, 0.2) is 24.3 Å². The number of piperidine rings is 1. The van der Waals surface area contributed by atoms with Gasteiger partial charge in [0.1, 0.15) is 18.5 Å². The highest BCUT2D eigenvalue weighted by Gasteiger charge is 2.61. The first-order valence-electron chi connectivity index (χ1n) is 8.27. The molecule has 1 amide bonds. The third-order valence-electron chi connectivity index (χ3n) is 5.28. The van der Waals surface area contributed by atoms with Gasteiger partial charge in [0.2, 0.25) is 5.91 Å². The molecule has 3 unspecified atom stereocenters. The van der Waals surface area contributed by atoms with E-state index in [9.17, 15) is 9.90 Å². The minimum atomic E-state index is -0.481. The van der Waals surface area contributed by atoms with Crippen molar-refractivity contribution in [2.45, 2.75) is 26.9 Å². The molecule has 1 aromatic rings. The molecule has 2 aliphatic rings. The van der Waals surface area contributed by atoms with Crippen molar-refractivity contribution >= 4 is 11.6 Å². The third-order valence-corrected chi connectivity index (χ3v) is 5.28. The SMILES string of the molecule is CC(=O)Nc1ccc(OCC(O)CN2CC3C(C2)C3(C)C)cc1. The van der Waals surface area contributed by atoms with E-state index in [2.05, 4.69) is 24.1 Å². The predicted octanol–water partition coefficient (Wildman–Crippen LogP) is 1.97. The van der Waals surface area contributed by atoms with Gasteiger partial charge in [-0.1, -0.05) is 13.8 Å². The molecule has 1 heterocycles. The number of carbonyl (C=O) groups excluding carboxylic acids is 1. The monoisotopic (exact) mass is 318 g/mol. The first-order valence-corrected chi connectivity index (χ1v) is 8.27. The summed E-state index contributed by atoms with van der Waals surface area (Å²) in [5.74, 6) is 2.21. The number of rotatable bonds is 6. The number of fused-ring (bicyclic) bond motifs is 1. The summed E-state index contributed by atoms with van der Waals surface area (Å²) in [4.78, 5) is 13.3. The number of carbonyl (C=O) groups is 1. The van der Waals surface area contributed by atoms with E-state index in [0.29, 0.717) is 17.7 Å². The van der Waals surface area contributed by atoms with Crippen molar-refractivity contribution in [1.82, 2.24) is 4.90 Å². The Balaban J connectivity index is 1.39. The summed E-state index contributed by atoms with van der Waals surface area (Å²) in [7, 11) is 0. The standard InChI is InChI=1S/C18H26N2O3/c1-12(21)19-13-4-6-15(7-5-13)23-11-14(22)8-20-9-16-17(10-20)18(16,2)3/h4-7,14,16-17,22H,8-11H2,1-3H3,(H,19,21). The Hall–Kier alpha value is -1.59. The fraction of sp³-hybridized carbons (Fsp3) is 0.611. The highest BCUT2D eigenvalue weighted by Crippen LogP contribution is 2.61. The highest BCUT2D eigenvalue weighted by molar-refractivity contribution is 5.88. The van der Waals surface area contributed by atoms with Gasteiger partial charge in [-0.2, -0.15) is 0 Å². The second kappa shape index (κ2) is 6.13. The number of nitrogens with one attached hydrogen (secondary N) is 1. The topological polar surface area (TPSA) is 61.8 Å². The summed E-state index contributed by atoms with van der Waals surface area (Å²) < 4.78 is 5.63. The van der Waals surface area contributed by atoms with E-state index in [1.54, 1.807) is 24.3 Å². The lowest BCUT2D eigenvalue weighted by Gasteiger charge is -2.24. The van der Waals surface area contributed by atoms with E-state index in [0.717, 1.165) is 30.6 Å². The number of nitrogens with zero attached hydrogens (tertiary/aromatic N) is 1. The van der Waals surface area contributed by atoms with Crippen LogP contribution in [-0.4, -0.2) is 48.3 Å². The van der Waals surface area contributed by atoms with Gasteiger partial charge in [0, 0.05) is 32.2 Å². The van der Waals surface area contributed by atoms with Gasteiger partial charge in [0.05, 0.1) is 0 Å². The predicted molar refractivity (Wildman–Crippen MR) is 89.4 cm³/mol. The molecule has 3 atom stereocenters. The second-order valence-electron chi connectivity index (χ2n) is 7.42. The van der Waals surface area contributed by atoms with Crippen LogP contribution in [0.25, 0.3) is 0 Å².